The average molecular weight is 290 g/mol. The lowest BCUT2D eigenvalue weighted by Gasteiger charge is -2.10. The van der Waals surface area contributed by atoms with Crippen LogP contribution in [-0.2, 0) is 11.2 Å². The maximum atomic E-state index is 12.1. The molecule has 0 saturated heterocycles. The predicted molar refractivity (Wildman–Crippen MR) is 75.0 cm³/mol. The number of aryl methyl sites for hydroxylation is 1. The third kappa shape index (κ3) is 2.58. The van der Waals surface area contributed by atoms with Gasteiger partial charge in [-0.15, -0.1) is 0 Å². The van der Waals surface area contributed by atoms with Gasteiger partial charge in [-0.1, -0.05) is 29.8 Å². The molecule has 102 valence electrons. The van der Waals surface area contributed by atoms with E-state index in [4.69, 9.17) is 16.3 Å². The predicted octanol–water partition coefficient (Wildman–Crippen LogP) is 2.38. The Morgan fingerprint density at radius 3 is 2.95 bits per heavy atom. The summed E-state index contributed by atoms with van der Waals surface area (Å²) >= 11 is 5.83. The number of ether oxygens (including phenoxy) is 1. The van der Waals surface area contributed by atoms with Crippen molar-refractivity contribution in [3.05, 3.63) is 46.7 Å². The lowest BCUT2D eigenvalue weighted by molar-refractivity contribution is -0.122. The van der Waals surface area contributed by atoms with Crippen LogP contribution in [0.4, 0.5) is 5.95 Å². The zero-order chi connectivity index (χ0) is 14.1. The molecule has 2 aromatic rings. The summed E-state index contributed by atoms with van der Waals surface area (Å²) in [4.78, 5) is 20.2. The molecule has 0 spiro atoms. The number of hydrogen-bond donors (Lipinski definition) is 1. The summed E-state index contributed by atoms with van der Waals surface area (Å²) in [6, 6.07) is 9.22. The van der Waals surface area contributed by atoms with E-state index >= 15 is 0 Å². The third-order valence-corrected chi connectivity index (χ3v) is 3.19. The number of para-hydroxylation sites is 1. The van der Waals surface area contributed by atoms with Gasteiger partial charge in [0, 0.05) is 12.1 Å². The second-order valence-electron chi connectivity index (χ2n) is 4.56. The van der Waals surface area contributed by atoms with E-state index in [1.54, 1.807) is 13.0 Å². The summed E-state index contributed by atoms with van der Waals surface area (Å²) in [5.74, 6) is 0.665. The topological polar surface area (TPSA) is 64.1 Å². The molecule has 5 nitrogen and oxygen atoms in total. The van der Waals surface area contributed by atoms with Crippen LogP contribution in [0.2, 0.25) is 5.15 Å². The lowest BCUT2D eigenvalue weighted by atomic mass is 10.1. The molecule has 1 aromatic carbocycles. The SMILES string of the molecule is Cc1cc(Cl)nc(NC(=O)C2Cc3ccccc3O2)n1. The number of benzene rings is 1. The number of nitrogens with one attached hydrogen (secondary N) is 1. The molecule has 0 saturated carbocycles. The normalized spacial score (nSPS) is 16.4. The minimum atomic E-state index is -0.560. The Kier molecular flexibility index (Phi) is 3.28. The number of fused-ring (bicyclic) bond motifs is 1. The van der Waals surface area contributed by atoms with E-state index in [9.17, 15) is 4.79 Å². The Morgan fingerprint density at radius 1 is 1.40 bits per heavy atom. The number of anilines is 1. The summed E-state index contributed by atoms with van der Waals surface area (Å²) < 4.78 is 5.60. The molecule has 1 amide bonds. The second kappa shape index (κ2) is 5.09. The van der Waals surface area contributed by atoms with Crippen LogP contribution in [0.15, 0.2) is 30.3 Å². The van der Waals surface area contributed by atoms with Crippen molar-refractivity contribution in [3.8, 4) is 5.75 Å². The van der Waals surface area contributed by atoms with E-state index in [-0.39, 0.29) is 11.9 Å². The molecule has 1 unspecified atom stereocenters. The smallest absolute Gasteiger partial charge is 0.268 e. The van der Waals surface area contributed by atoms with Gasteiger partial charge >= 0.3 is 0 Å². The highest BCUT2D eigenvalue weighted by molar-refractivity contribution is 6.29. The molecule has 3 rings (SSSR count). The first-order valence-corrected chi connectivity index (χ1v) is 6.56. The van der Waals surface area contributed by atoms with Gasteiger partial charge in [-0.2, -0.15) is 0 Å². The maximum Gasteiger partial charge on any atom is 0.268 e. The van der Waals surface area contributed by atoms with Gasteiger partial charge in [0.15, 0.2) is 6.10 Å². The number of carbonyl (C=O) groups is 1. The third-order valence-electron chi connectivity index (χ3n) is 3.00. The Morgan fingerprint density at radius 2 is 2.20 bits per heavy atom. The summed E-state index contributed by atoms with van der Waals surface area (Å²) in [7, 11) is 0. The minimum absolute atomic E-state index is 0.194. The second-order valence-corrected chi connectivity index (χ2v) is 4.95. The standard InChI is InChI=1S/C14H12ClN3O2/c1-8-6-12(15)17-14(16-8)18-13(19)11-7-9-4-2-3-5-10(9)20-11/h2-6,11H,7H2,1H3,(H,16,17,18,19). The number of nitrogens with zero attached hydrogens (tertiary/aromatic N) is 2. The Bertz CT molecular complexity index is 630. The van der Waals surface area contributed by atoms with Crippen molar-refractivity contribution in [2.24, 2.45) is 0 Å². The first-order chi connectivity index (χ1) is 9.61. The van der Waals surface area contributed by atoms with Crippen LogP contribution in [0, 0.1) is 6.92 Å². The molecule has 1 aliphatic rings. The summed E-state index contributed by atoms with van der Waals surface area (Å²) in [5.41, 5.74) is 1.71. The lowest BCUT2D eigenvalue weighted by Crippen LogP contribution is -2.32. The number of hydrogen-bond acceptors (Lipinski definition) is 4. The van der Waals surface area contributed by atoms with Crippen molar-refractivity contribution >= 4 is 23.5 Å². The van der Waals surface area contributed by atoms with E-state index < -0.39 is 6.10 Å². The monoisotopic (exact) mass is 289 g/mol. The van der Waals surface area contributed by atoms with Gasteiger partial charge in [-0.05, 0) is 24.6 Å². The Hall–Kier alpha value is -2.14. The highest BCUT2D eigenvalue weighted by Gasteiger charge is 2.29. The molecular weight excluding hydrogens is 278 g/mol. The molecule has 20 heavy (non-hydrogen) atoms. The number of amides is 1. The van der Waals surface area contributed by atoms with Crippen molar-refractivity contribution in [2.45, 2.75) is 19.4 Å². The molecule has 6 heteroatoms. The average Bonchev–Trinajstić information content (AvgIpc) is 2.81. The molecule has 0 aliphatic carbocycles. The van der Waals surface area contributed by atoms with E-state index in [1.807, 2.05) is 24.3 Å². The zero-order valence-corrected chi connectivity index (χ0v) is 11.5. The Labute approximate surface area is 121 Å². The van der Waals surface area contributed by atoms with Gasteiger partial charge in [0.25, 0.3) is 5.91 Å². The van der Waals surface area contributed by atoms with Crippen molar-refractivity contribution in [3.63, 3.8) is 0 Å². The van der Waals surface area contributed by atoms with Crippen LogP contribution in [0.5, 0.6) is 5.75 Å². The molecule has 1 aliphatic heterocycles. The zero-order valence-electron chi connectivity index (χ0n) is 10.8. The summed E-state index contributed by atoms with van der Waals surface area (Å²) in [6.07, 6.45) is -0.0167. The quantitative estimate of drug-likeness (QED) is 0.862. The molecule has 0 radical (unpaired) electrons. The number of carbonyl (C=O) groups excluding carboxylic acids is 1. The van der Waals surface area contributed by atoms with Gasteiger partial charge in [0.1, 0.15) is 10.9 Å². The van der Waals surface area contributed by atoms with Gasteiger partial charge in [-0.3, -0.25) is 10.1 Å². The van der Waals surface area contributed by atoms with Crippen molar-refractivity contribution in [1.82, 2.24) is 9.97 Å². The van der Waals surface area contributed by atoms with Gasteiger partial charge < -0.3 is 4.74 Å². The van der Waals surface area contributed by atoms with Gasteiger partial charge in [-0.25, -0.2) is 9.97 Å². The highest BCUT2D eigenvalue weighted by atomic mass is 35.5. The van der Waals surface area contributed by atoms with Crippen LogP contribution in [-0.4, -0.2) is 22.0 Å². The summed E-state index contributed by atoms with van der Waals surface area (Å²) in [6.45, 7) is 1.78. The van der Waals surface area contributed by atoms with Crippen LogP contribution in [0.3, 0.4) is 0 Å². The molecule has 1 atom stereocenters. The molecule has 0 bridgehead atoms. The largest absolute Gasteiger partial charge is 0.480 e. The van der Waals surface area contributed by atoms with Crippen molar-refractivity contribution in [1.29, 1.82) is 0 Å². The maximum absolute atomic E-state index is 12.1. The van der Waals surface area contributed by atoms with Crippen LogP contribution in [0.25, 0.3) is 0 Å². The highest BCUT2D eigenvalue weighted by Crippen LogP contribution is 2.28. The number of aromatic nitrogens is 2. The molecule has 1 aromatic heterocycles. The van der Waals surface area contributed by atoms with E-state index in [0.717, 1.165) is 11.3 Å². The molecule has 0 fully saturated rings. The molecular formula is C14H12ClN3O2. The summed E-state index contributed by atoms with van der Waals surface area (Å²) in [5, 5.41) is 2.92. The van der Waals surface area contributed by atoms with Crippen molar-refractivity contribution < 1.29 is 9.53 Å². The van der Waals surface area contributed by atoms with E-state index in [2.05, 4.69) is 15.3 Å². The van der Waals surface area contributed by atoms with Crippen LogP contribution in [0.1, 0.15) is 11.3 Å². The fourth-order valence-corrected chi connectivity index (χ4v) is 2.34. The van der Waals surface area contributed by atoms with Crippen LogP contribution >= 0.6 is 11.6 Å². The number of halogens is 1. The first kappa shape index (κ1) is 12.9. The fraction of sp³-hybridized carbons (Fsp3) is 0.214. The van der Waals surface area contributed by atoms with E-state index in [1.165, 1.54) is 0 Å². The number of rotatable bonds is 2. The first-order valence-electron chi connectivity index (χ1n) is 6.18. The Balaban J connectivity index is 1.72. The van der Waals surface area contributed by atoms with Gasteiger partial charge in [0.2, 0.25) is 5.95 Å². The van der Waals surface area contributed by atoms with E-state index in [0.29, 0.717) is 17.3 Å². The minimum Gasteiger partial charge on any atom is -0.480 e. The van der Waals surface area contributed by atoms with Crippen molar-refractivity contribution in [2.75, 3.05) is 5.32 Å². The molecule has 2 heterocycles. The fourth-order valence-electron chi connectivity index (χ4n) is 2.11. The van der Waals surface area contributed by atoms with Crippen LogP contribution < -0.4 is 10.1 Å². The molecule has 1 N–H and O–H groups in total. The van der Waals surface area contributed by atoms with Gasteiger partial charge in [0.05, 0.1) is 0 Å².